The summed E-state index contributed by atoms with van der Waals surface area (Å²) < 4.78 is 32.4. The molecule has 0 atom stereocenters. The van der Waals surface area contributed by atoms with Crippen molar-refractivity contribution in [3.05, 3.63) is 54.1 Å². The molecule has 3 rings (SSSR count). The van der Waals surface area contributed by atoms with Gasteiger partial charge in [-0.25, -0.2) is 8.42 Å². The molecule has 1 heterocycles. The fourth-order valence-electron chi connectivity index (χ4n) is 3.15. The Labute approximate surface area is 176 Å². The number of nitriles is 1. The Kier molecular flexibility index (Phi) is 6.92. The molecule has 0 aromatic heterocycles. The van der Waals surface area contributed by atoms with Crippen LogP contribution in [0.1, 0.15) is 12.5 Å². The molecular formula is C21H24N4O4S. The fourth-order valence-corrected chi connectivity index (χ4v) is 4.58. The summed E-state index contributed by atoms with van der Waals surface area (Å²) in [6.45, 7) is 3.66. The number of carbonyl (C=O) groups excluding carboxylic acids is 1. The average molecular weight is 429 g/mol. The van der Waals surface area contributed by atoms with E-state index in [4.69, 9.17) is 10.00 Å². The van der Waals surface area contributed by atoms with Crippen LogP contribution in [-0.2, 0) is 14.8 Å². The number of carbonyl (C=O) groups is 1. The van der Waals surface area contributed by atoms with Crippen LogP contribution in [0.3, 0.4) is 0 Å². The second kappa shape index (κ2) is 9.61. The van der Waals surface area contributed by atoms with Gasteiger partial charge in [0.25, 0.3) is 0 Å². The number of nitrogens with zero attached hydrogens (tertiary/aromatic N) is 3. The van der Waals surface area contributed by atoms with Crippen molar-refractivity contribution in [2.24, 2.45) is 0 Å². The first-order chi connectivity index (χ1) is 14.4. The van der Waals surface area contributed by atoms with Crippen LogP contribution in [0.25, 0.3) is 0 Å². The molecular weight excluding hydrogens is 404 g/mol. The minimum absolute atomic E-state index is 0.0996. The summed E-state index contributed by atoms with van der Waals surface area (Å²) in [5.74, 6) is 0.527. The topological polar surface area (TPSA) is 103 Å². The first kappa shape index (κ1) is 21.6. The maximum atomic E-state index is 12.8. The summed E-state index contributed by atoms with van der Waals surface area (Å²) in [4.78, 5) is 14.3. The van der Waals surface area contributed by atoms with Crippen LogP contribution in [0.4, 0.5) is 5.69 Å². The lowest BCUT2D eigenvalue weighted by Crippen LogP contribution is -2.51. The molecule has 1 aliphatic heterocycles. The molecule has 0 saturated carbocycles. The molecule has 1 saturated heterocycles. The van der Waals surface area contributed by atoms with Crippen LogP contribution in [0.5, 0.6) is 5.75 Å². The SMILES string of the molecule is CCOc1ccc(S(=O)(=O)N2CCN(C(=O)CNc3ccc(C#N)cc3)CC2)cc1. The van der Waals surface area contributed by atoms with Crippen molar-refractivity contribution in [1.82, 2.24) is 9.21 Å². The molecule has 1 fully saturated rings. The molecule has 0 aliphatic carbocycles. The zero-order chi connectivity index (χ0) is 21.6. The zero-order valence-corrected chi connectivity index (χ0v) is 17.6. The highest BCUT2D eigenvalue weighted by Gasteiger charge is 2.30. The van der Waals surface area contributed by atoms with Crippen LogP contribution in [0.2, 0.25) is 0 Å². The van der Waals surface area contributed by atoms with E-state index in [2.05, 4.69) is 5.32 Å². The number of hydrogen-bond acceptors (Lipinski definition) is 6. The van der Waals surface area contributed by atoms with Crippen molar-refractivity contribution in [3.63, 3.8) is 0 Å². The van der Waals surface area contributed by atoms with Gasteiger partial charge in [-0.15, -0.1) is 0 Å². The zero-order valence-electron chi connectivity index (χ0n) is 16.7. The van der Waals surface area contributed by atoms with Gasteiger partial charge >= 0.3 is 0 Å². The minimum Gasteiger partial charge on any atom is -0.494 e. The predicted octanol–water partition coefficient (Wildman–Crippen LogP) is 1.90. The van der Waals surface area contributed by atoms with Crippen molar-refractivity contribution in [1.29, 1.82) is 5.26 Å². The molecule has 0 spiro atoms. The van der Waals surface area contributed by atoms with E-state index in [-0.39, 0.29) is 30.4 Å². The molecule has 0 radical (unpaired) electrons. The second-order valence-corrected chi connectivity index (χ2v) is 8.67. The molecule has 1 aliphatic rings. The lowest BCUT2D eigenvalue weighted by atomic mass is 10.2. The first-order valence-electron chi connectivity index (χ1n) is 9.69. The summed E-state index contributed by atoms with van der Waals surface area (Å²) in [6, 6.07) is 15.3. The Morgan fingerprint density at radius 3 is 2.27 bits per heavy atom. The van der Waals surface area contributed by atoms with E-state index < -0.39 is 10.0 Å². The third-order valence-electron chi connectivity index (χ3n) is 4.82. The van der Waals surface area contributed by atoms with Crippen LogP contribution >= 0.6 is 0 Å². The van der Waals surface area contributed by atoms with Gasteiger partial charge in [0.15, 0.2) is 0 Å². The Bertz CT molecular complexity index is 1010. The number of nitrogens with one attached hydrogen (secondary N) is 1. The van der Waals surface area contributed by atoms with Gasteiger partial charge in [0, 0.05) is 31.9 Å². The van der Waals surface area contributed by atoms with Crippen LogP contribution in [0, 0.1) is 11.3 Å². The molecule has 30 heavy (non-hydrogen) atoms. The first-order valence-corrected chi connectivity index (χ1v) is 11.1. The molecule has 1 amide bonds. The Morgan fingerprint density at radius 2 is 1.70 bits per heavy atom. The largest absolute Gasteiger partial charge is 0.494 e. The number of amides is 1. The molecule has 2 aromatic carbocycles. The lowest BCUT2D eigenvalue weighted by Gasteiger charge is -2.34. The monoisotopic (exact) mass is 428 g/mol. The third-order valence-corrected chi connectivity index (χ3v) is 6.73. The maximum absolute atomic E-state index is 12.8. The number of rotatable bonds is 7. The van der Waals surface area contributed by atoms with Crippen molar-refractivity contribution >= 4 is 21.6 Å². The third kappa shape index (κ3) is 5.09. The number of anilines is 1. The molecule has 0 unspecified atom stereocenters. The normalized spacial score (nSPS) is 14.7. The van der Waals surface area contributed by atoms with Gasteiger partial charge < -0.3 is 15.0 Å². The van der Waals surface area contributed by atoms with E-state index >= 15 is 0 Å². The van der Waals surface area contributed by atoms with Crippen LogP contribution in [0.15, 0.2) is 53.4 Å². The minimum atomic E-state index is -3.61. The van der Waals surface area contributed by atoms with Gasteiger partial charge in [-0.2, -0.15) is 9.57 Å². The van der Waals surface area contributed by atoms with Crippen molar-refractivity contribution in [3.8, 4) is 11.8 Å². The van der Waals surface area contributed by atoms with Gasteiger partial charge in [0.1, 0.15) is 5.75 Å². The van der Waals surface area contributed by atoms with E-state index in [0.717, 1.165) is 5.69 Å². The van der Waals surface area contributed by atoms with Crippen molar-refractivity contribution in [2.45, 2.75) is 11.8 Å². The lowest BCUT2D eigenvalue weighted by molar-refractivity contribution is -0.130. The summed E-state index contributed by atoms with van der Waals surface area (Å²) >= 11 is 0. The predicted molar refractivity (Wildman–Crippen MR) is 113 cm³/mol. The number of piperazine rings is 1. The standard InChI is InChI=1S/C21H24N4O4S/c1-2-29-19-7-9-20(10-8-19)30(27,28)25-13-11-24(12-14-25)21(26)16-23-18-5-3-17(15-22)4-6-18/h3-10,23H,2,11-14,16H2,1H3. The second-order valence-electron chi connectivity index (χ2n) is 6.73. The molecule has 1 N–H and O–H groups in total. The van der Waals surface area contributed by atoms with Crippen molar-refractivity contribution < 1.29 is 17.9 Å². The smallest absolute Gasteiger partial charge is 0.243 e. The average Bonchev–Trinajstić information content (AvgIpc) is 2.78. The van der Waals surface area contributed by atoms with Gasteiger partial charge in [0.05, 0.1) is 29.7 Å². The molecule has 8 nitrogen and oxygen atoms in total. The Hall–Kier alpha value is -3.09. The number of sulfonamides is 1. The van der Waals surface area contributed by atoms with Crippen LogP contribution in [-0.4, -0.2) is 62.9 Å². The highest BCUT2D eigenvalue weighted by Crippen LogP contribution is 2.21. The van der Waals surface area contributed by atoms with E-state index in [1.807, 2.05) is 13.0 Å². The summed E-state index contributed by atoms with van der Waals surface area (Å²) in [5.41, 5.74) is 1.30. The molecule has 9 heteroatoms. The summed E-state index contributed by atoms with van der Waals surface area (Å²) in [6.07, 6.45) is 0. The fraction of sp³-hybridized carbons (Fsp3) is 0.333. The number of ether oxygens (including phenoxy) is 1. The molecule has 158 valence electrons. The number of hydrogen-bond donors (Lipinski definition) is 1. The van der Waals surface area contributed by atoms with Crippen LogP contribution < -0.4 is 10.1 Å². The van der Waals surface area contributed by atoms with Crippen molar-refractivity contribution in [2.75, 3.05) is 44.6 Å². The quantitative estimate of drug-likeness (QED) is 0.723. The number of benzene rings is 2. The Morgan fingerprint density at radius 1 is 1.07 bits per heavy atom. The summed E-state index contributed by atoms with van der Waals surface area (Å²) in [5, 5.41) is 11.9. The van der Waals surface area contributed by atoms with E-state index in [0.29, 0.717) is 31.0 Å². The highest BCUT2D eigenvalue weighted by molar-refractivity contribution is 7.89. The Balaban J connectivity index is 1.52. The van der Waals surface area contributed by atoms with Gasteiger partial charge in [0.2, 0.25) is 15.9 Å². The van der Waals surface area contributed by atoms with Gasteiger partial charge in [-0.3, -0.25) is 4.79 Å². The van der Waals surface area contributed by atoms with Gasteiger partial charge in [-0.05, 0) is 55.5 Å². The van der Waals surface area contributed by atoms with E-state index in [1.54, 1.807) is 53.4 Å². The van der Waals surface area contributed by atoms with E-state index in [1.165, 1.54) is 4.31 Å². The summed E-state index contributed by atoms with van der Waals surface area (Å²) in [7, 11) is -3.61. The van der Waals surface area contributed by atoms with Gasteiger partial charge in [-0.1, -0.05) is 0 Å². The maximum Gasteiger partial charge on any atom is 0.243 e. The molecule has 2 aromatic rings. The van der Waals surface area contributed by atoms with E-state index in [9.17, 15) is 13.2 Å². The molecule has 0 bridgehead atoms. The highest BCUT2D eigenvalue weighted by atomic mass is 32.2.